The third-order valence-corrected chi connectivity index (χ3v) is 0.835. The number of hydrogen-bond acceptors (Lipinski definition) is 2. The summed E-state index contributed by atoms with van der Waals surface area (Å²) in [6.45, 7) is 6.64. The van der Waals surface area contributed by atoms with E-state index in [1.165, 1.54) is 12.2 Å². The van der Waals surface area contributed by atoms with Crippen LogP contribution < -0.4 is 0 Å². The summed E-state index contributed by atoms with van der Waals surface area (Å²) in [4.78, 5) is 0.609. The summed E-state index contributed by atoms with van der Waals surface area (Å²) in [5, 5.41) is 8.49. The van der Waals surface area contributed by atoms with Gasteiger partial charge in [0.2, 0.25) is 0 Å². The van der Waals surface area contributed by atoms with E-state index in [2.05, 4.69) is 25.8 Å². The average molecular weight is 128 g/mol. The lowest BCUT2D eigenvalue weighted by atomic mass is 10.4. The summed E-state index contributed by atoms with van der Waals surface area (Å²) in [6.07, 6.45) is 2.93. The van der Waals surface area contributed by atoms with Gasteiger partial charge >= 0.3 is 0 Å². The van der Waals surface area contributed by atoms with Crippen molar-refractivity contribution in [2.75, 3.05) is 0 Å². The fourth-order valence-electron chi connectivity index (χ4n) is 0.230. The summed E-state index contributed by atoms with van der Waals surface area (Å²) in [7, 11) is 0. The van der Waals surface area contributed by atoms with Gasteiger partial charge in [0.25, 0.3) is 0 Å². The van der Waals surface area contributed by atoms with Crippen molar-refractivity contribution in [1.29, 1.82) is 0 Å². The van der Waals surface area contributed by atoms with Crippen LogP contribution in [0.25, 0.3) is 0 Å². The second-order valence-corrected chi connectivity index (χ2v) is 1.78. The van der Waals surface area contributed by atoms with Crippen LogP contribution in [0.2, 0.25) is 0 Å². The predicted octanol–water partition coefficient (Wildman–Crippen LogP) is 2.06. The molecular weight excluding hydrogens is 120 g/mol. The molecule has 0 radical (unpaired) electrons. The zero-order valence-electron chi connectivity index (χ0n) is 4.46. The number of thiol groups is 1. The highest BCUT2D eigenvalue weighted by molar-refractivity contribution is 7.84. The number of allylic oxidation sites excluding steroid dienone is 2. The first kappa shape index (κ1) is 7.37. The molecule has 0 spiro atoms. The molecule has 0 heterocycles. The predicted molar refractivity (Wildman–Crippen MR) is 39.0 cm³/mol. The first-order valence-electron chi connectivity index (χ1n) is 2.08. The highest BCUT2D eigenvalue weighted by atomic mass is 32.1. The maximum Gasteiger partial charge on any atom is 0.109 e. The third kappa shape index (κ3) is 3.56. The van der Waals surface area contributed by atoms with E-state index in [0.717, 1.165) is 0 Å². The van der Waals surface area contributed by atoms with Crippen LogP contribution in [-0.2, 0) is 0 Å². The molecule has 0 aromatic rings. The average Bonchev–Trinajstić information content (AvgIpc) is 1.65. The summed E-state index contributed by atoms with van der Waals surface area (Å²) >= 11 is 3.89. The first-order chi connectivity index (χ1) is 3.66. The van der Waals surface area contributed by atoms with E-state index in [0.29, 0.717) is 4.91 Å². The van der Waals surface area contributed by atoms with E-state index in [4.69, 9.17) is 5.11 Å². The van der Waals surface area contributed by atoms with E-state index in [9.17, 15) is 0 Å². The molecule has 0 aliphatic carbocycles. The minimum atomic E-state index is -0.00472. The highest BCUT2D eigenvalue weighted by Gasteiger charge is 1.80. The molecule has 8 heavy (non-hydrogen) atoms. The van der Waals surface area contributed by atoms with Crippen LogP contribution in [0.15, 0.2) is 36.0 Å². The van der Waals surface area contributed by atoms with Crippen LogP contribution in [0.5, 0.6) is 0 Å². The smallest absolute Gasteiger partial charge is 0.109 e. The first-order valence-corrected chi connectivity index (χ1v) is 2.52. The monoisotopic (exact) mass is 128 g/mol. The van der Waals surface area contributed by atoms with Gasteiger partial charge in [-0.05, 0) is 6.08 Å². The van der Waals surface area contributed by atoms with Crippen molar-refractivity contribution in [3.8, 4) is 0 Å². The normalized spacial score (nSPS) is 10.9. The fraction of sp³-hybridized carbons (Fsp3) is 0. The van der Waals surface area contributed by atoms with Gasteiger partial charge in [0.05, 0.1) is 0 Å². The topological polar surface area (TPSA) is 20.2 Å². The number of aliphatic hydroxyl groups is 1. The lowest BCUT2D eigenvalue weighted by molar-refractivity contribution is 0.435. The van der Waals surface area contributed by atoms with Crippen molar-refractivity contribution >= 4 is 12.6 Å². The van der Waals surface area contributed by atoms with Gasteiger partial charge in [-0.3, -0.25) is 0 Å². The van der Waals surface area contributed by atoms with Crippen molar-refractivity contribution in [3.05, 3.63) is 36.0 Å². The molecule has 0 saturated heterocycles. The minimum absolute atomic E-state index is 0.00472. The largest absolute Gasteiger partial charge is 0.509 e. The zero-order valence-corrected chi connectivity index (χ0v) is 5.36. The molecular formula is C6H8OS. The van der Waals surface area contributed by atoms with Crippen LogP contribution in [0.3, 0.4) is 0 Å². The molecule has 1 nitrogen and oxygen atoms in total. The highest BCUT2D eigenvalue weighted by Crippen LogP contribution is 2.02. The van der Waals surface area contributed by atoms with Crippen molar-refractivity contribution in [2.45, 2.75) is 0 Å². The number of aliphatic hydroxyl groups excluding tert-OH is 1. The van der Waals surface area contributed by atoms with Gasteiger partial charge in [-0.15, -0.1) is 12.6 Å². The Morgan fingerprint density at radius 3 is 2.25 bits per heavy atom. The van der Waals surface area contributed by atoms with Crippen LogP contribution in [0.4, 0.5) is 0 Å². The Hall–Kier alpha value is -0.630. The summed E-state index contributed by atoms with van der Waals surface area (Å²) < 4.78 is 0. The molecule has 0 bridgehead atoms. The van der Waals surface area contributed by atoms with Crippen molar-refractivity contribution in [3.63, 3.8) is 0 Å². The Morgan fingerprint density at radius 2 is 2.12 bits per heavy atom. The van der Waals surface area contributed by atoms with Gasteiger partial charge in [0.1, 0.15) is 5.76 Å². The molecule has 0 saturated carbocycles. The number of rotatable bonds is 2. The maximum atomic E-state index is 8.49. The lowest BCUT2D eigenvalue weighted by Crippen LogP contribution is -1.68. The van der Waals surface area contributed by atoms with E-state index in [1.807, 2.05) is 0 Å². The molecule has 1 N–H and O–H groups in total. The van der Waals surface area contributed by atoms with Crippen LogP contribution in [0.1, 0.15) is 0 Å². The molecule has 0 aliphatic heterocycles. The van der Waals surface area contributed by atoms with E-state index in [-0.39, 0.29) is 5.76 Å². The summed E-state index contributed by atoms with van der Waals surface area (Å²) in [6, 6.07) is 0. The molecule has 0 atom stereocenters. The minimum Gasteiger partial charge on any atom is -0.509 e. The van der Waals surface area contributed by atoms with E-state index >= 15 is 0 Å². The van der Waals surface area contributed by atoms with Crippen molar-refractivity contribution in [2.24, 2.45) is 0 Å². The Kier molecular flexibility index (Phi) is 3.12. The van der Waals surface area contributed by atoms with Gasteiger partial charge in [-0.2, -0.15) is 0 Å². The quantitative estimate of drug-likeness (QED) is 0.331. The van der Waals surface area contributed by atoms with Crippen LogP contribution in [-0.4, -0.2) is 5.11 Å². The summed E-state index contributed by atoms with van der Waals surface area (Å²) in [5.74, 6) is -0.00472. The Bertz CT molecular complexity index is 135. The fourth-order valence-corrected chi connectivity index (χ4v) is 0.379. The molecule has 0 aromatic carbocycles. The molecule has 0 fully saturated rings. The van der Waals surface area contributed by atoms with Gasteiger partial charge in [0, 0.05) is 4.91 Å². The molecule has 0 rings (SSSR count). The lowest BCUT2D eigenvalue weighted by Gasteiger charge is -1.86. The third-order valence-electron chi connectivity index (χ3n) is 0.524. The van der Waals surface area contributed by atoms with Crippen LogP contribution >= 0.6 is 12.6 Å². The second-order valence-electron chi connectivity index (χ2n) is 1.26. The van der Waals surface area contributed by atoms with Crippen LogP contribution in [0, 0.1) is 0 Å². The van der Waals surface area contributed by atoms with Gasteiger partial charge in [-0.25, -0.2) is 0 Å². The Morgan fingerprint density at radius 1 is 1.62 bits per heavy atom. The van der Waals surface area contributed by atoms with Crippen molar-refractivity contribution in [1.82, 2.24) is 0 Å². The SMILES string of the molecule is C=C/C(S)=C\C(=C)O. The molecule has 0 amide bonds. The standard InChI is InChI=1S/C6H8OS/c1-3-6(8)4-5(2)7/h3-4,7-8H,1-2H2/b6-4+. The Balaban J connectivity index is 3.94. The number of hydrogen-bond donors (Lipinski definition) is 2. The molecule has 0 unspecified atom stereocenters. The molecule has 0 aromatic heterocycles. The maximum absolute atomic E-state index is 8.49. The van der Waals surface area contributed by atoms with Gasteiger partial charge in [0.15, 0.2) is 0 Å². The zero-order chi connectivity index (χ0) is 6.57. The Labute approximate surface area is 54.4 Å². The van der Waals surface area contributed by atoms with Gasteiger partial charge in [-0.1, -0.05) is 19.2 Å². The van der Waals surface area contributed by atoms with E-state index in [1.54, 1.807) is 0 Å². The molecule has 0 aliphatic rings. The van der Waals surface area contributed by atoms with Crippen molar-refractivity contribution < 1.29 is 5.11 Å². The molecule has 44 valence electrons. The van der Waals surface area contributed by atoms with E-state index < -0.39 is 0 Å². The van der Waals surface area contributed by atoms with Gasteiger partial charge < -0.3 is 5.11 Å². The molecule has 2 heteroatoms. The summed E-state index contributed by atoms with van der Waals surface area (Å²) in [5.41, 5.74) is 0. The second kappa shape index (κ2) is 3.38.